The van der Waals surface area contributed by atoms with Gasteiger partial charge >= 0.3 is 0 Å². The predicted molar refractivity (Wildman–Crippen MR) is 79.3 cm³/mol. The maximum Gasteiger partial charge on any atom is 0.228 e. The summed E-state index contributed by atoms with van der Waals surface area (Å²) < 4.78 is 33.9. The predicted octanol–water partition coefficient (Wildman–Crippen LogP) is 4.01. The Bertz CT molecular complexity index is 1010. The number of hydrogen-bond acceptors (Lipinski definition) is 4. The van der Waals surface area contributed by atoms with E-state index in [1.165, 1.54) is 0 Å². The van der Waals surface area contributed by atoms with Crippen molar-refractivity contribution in [2.75, 3.05) is 0 Å². The van der Waals surface area contributed by atoms with Crippen molar-refractivity contribution in [2.24, 2.45) is 0 Å². The van der Waals surface area contributed by atoms with Gasteiger partial charge in [-0.05, 0) is 30.3 Å². The lowest BCUT2D eigenvalue weighted by Crippen LogP contribution is -1.89. The average molecular weight is 333 g/mol. The normalized spacial score (nSPS) is 11.3. The van der Waals surface area contributed by atoms with Crippen LogP contribution in [-0.2, 0) is 0 Å². The van der Waals surface area contributed by atoms with E-state index < -0.39 is 11.6 Å². The van der Waals surface area contributed by atoms with E-state index in [2.05, 4.69) is 15.2 Å². The summed E-state index contributed by atoms with van der Waals surface area (Å²) >= 11 is 5.95. The Balaban J connectivity index is 1.85. The van der Waals surface area contributed by atoms with Crippen LogP contribution in [0.15, 0.2) is 47.4 Å². The molecule has 0 aliphatic rings. The fourth-order valence-corrected chi connectivity index (χ4v) is 2.44. The molecule has 0 bridgehead atoms. The summed E-state index contributed by atoms with van der Waals surface area (Å²) in [7, 11) is 0. The number of nitrogens with zero attached hydrogens (tertiary/aromatic N) is 4. The van der Waals surface area contributed by atoms with E-state index in [1.54, 1.807) is 35.4 Å². The molecule has 2 aromatic carbocycles. The topological polar surface area (TPSA) is 56.7 Å². The highest BCUT2D eigenvalue weighted by molar-refractivity contribution is 6.33. The molecule has 0 saturated heterocycles. The van der Waals surface area contributed by atoms with Gasteiger partial charge in [-0.2, -0.15) is 0 Å². The number of hydrogen-bond donors (Lipinski definition) is 0. The maximum atomic E-state index is 13.4. The number of fused-ring (bicyclic) bond motifs is 1. The smallest absolute Gasteiger partial charge is 0.228 e. The van der Waals surface area contributed by atoms with Crippen molar-refractivity contribution in [3.8, 4) is 17.1 Å². The molecule has 0 amide bonds. The van der Waals surface area contributed by atoms with Crippen LogP contribution in [0.3, 0.4) is 0 Å². The standard InChI is InChI=1S/C15H7ClF2N4O/c16-10-5-12(18)11(17)4-9(10)15-21-13-3-8(1-2-14(13)23-15)22-6-19-20-7-22/h1-7H. The lowest BCUT2D eigenvalue weighted by atomic mass is 10.2. The highest BCUT2D eigenvalue weighted by atomic mass is 35.5. The molecule has 114 valence electrons. The Morgan fingerprint density at radius 3 is 2.52 bits per heavy atom. The van der Waals surface area contributed by atoms with Gasteiger partial charge in [0.1, 0.15) is 18.2 Å². The molecule has 8 heteroatoms. The second-order valence-corrected chi connectivity index (χ2v) is 5.19. The SMILES string of the molecule is Fc1cc(Cl)c(-c2nc3cc(-n4cnnc4)ccc3o2)cc1F. The molecule has 2 heterocycles. The van der Waals surface area contributed by atoms with Crippen LogP contribution >= 0.6 is 11.6 Å². The Hall–Kier alpha value is -2.80. The van der Waals surface area contributed by atoms with Crippen LogP contribution in [0.2, 0.25) is 5.02 Å². The third kappa shape index (κ3) is 2.35. The van der Waals surface area contributed by atoms with Crippen LogP contribution in [0.25, 0.3) is 28.2 Å². The summed E-state index contributed by atoms with van der Waals surface area (Å²) in [6.45, 7) is 0. The molecule has 0 saturated carbocycles. The third-order valence-electron chi connectivity index (χ3n) is 3.33. The second-order valence-electron chi connectivity index (χ2n) is 4.79. The molecule has 5 nitrogen and oxygen atoms in total. The van der Waals surface area contributed by atoms with E-state index in [0.29, 0.717) is 11.1 Å². The van der Waals surface area contributed by atoms with Crippen molar-refractivity contribution < 1.29 is 13.2 Å². The Kier molecular flexibility index (Phi) is 3.09. The van der Waals surface area contributed by atoms with E-state index in [0.717, 1.165) is 17.8 Å². The molecule has 2 aromatic heterocycles. The lowest BCUT2D eigenvalue weighted by Gasteiger charge is -2.00. The summed E-state index contributed by atoms with van der Waals surface area (Å²) in [6, 6.07) is 7.13. The number of oxazole rings is 1. The van der Waals surface area contributed by atoms with Gasteiger partial charge in [0.05, 0.1) is 16.3 Å². The molecule has 23 heavy (non-hydrogen) atoms. The average Bonchev–Trinajstić information content (AvgIpc) is 3.18. The zero-order valence-corrected chi connectivity index (χ0v) is 12.1. The van der Waals surface area contributed by atoms with Crippen molar-refractivity contribution in [1.29, 1.82) is 0 Å². The van der Waals surface area contributed by atoms with Crippen molar-refractivity contribution in [1.82, 2.24) is 19.7 Å². The zero-order chi connectivity index (χ0) is 16.0. The molecular weight excluding hydrogens is 326 g/mol. The second kappa shape index (κ2) is 5.13. The van der Waals surface area contributed by atoms with Gasteiger partial charge in [-0.1, -0.05) is 11.6 Å². The van der Waals surface area contributed by atoms with E-state index >= 15 is 0 Å². The molecule has 0 aliphatic heterocycles. The quantitative estimate of drug-likeness (QED) is 0.520. The minimum atomic E-state index is -1.02. The van der Waals surface area contributed by atoms with Gasteiger partial charge in [0.15, 0.2) is 17.2 Å². The molecule has 4 rings (SSSR count). The van der Waals surface area contributed by atoms with Gasteiger partial charge in [0.25, 0.3) is 0 Å². The van der Waals surface area contributed by atoms with Gasteiger partial charge < -0.3 is 4.42 Å². The van der Waals surface area contributed by atoms with Crippen molar-refractivity contribution in [3.05, 3.63) is 59.6 Å². The number of aromatic nitrogens is 4. The fraction of sp³-hybridized carbons (Fsp3) is 0. The zero-order valence-electron chi connectivity index (χ0n) is 11.4. The Labute approximate surface area is 133 Å². The molecule has 0 atom stereocenters. The van der Waals surface area contributed by atoms with Gasteiger partial charge in [0.2, 0.25) is 5.89 Å². The lowest BCUT2D eigenvalue weighted by molar-refractivity contribution is 0.508. The summed E-state index contributed by atoms with van der Waals surface area (Å²) in [6.07, 6.45) is 3.10. The molecule has 0 N–H and O–H groups in total. The molecule has 0 aliphatic carbocycles. The van der Waals surface area contributed by atoms with Gasteiger partial charge in [-0.15, -0.1) is 10.2 Å². The first-order valence-electron chi connectivity index (χ1n) is 6.52. The summed E-state index contributed by atoms with van der Waals surface area (Å²) in [5.74, 6) is -1.92. The summed E-state index contributed by atoms with van der Waals surface area (Å²) in [4.78, 5) is 4.29. The van der Waals surface area contributed by atoms with Gasteiger partial charge in [0, 0.05) is 0 Å². The Morgan fingerprint density at radius 1 is 1.00 bits per heavy atom. The number of rotatable bonds is 2. The minimum absolute atomic E-state index is 0.0227. The fourth-order valence-electron chi connectivity index (χ4n) is 2.21. The number of halogens is 3. The van der Waals surface area contributed by atoms with Crippen LogP contribution < -0.4 is 0 Å². The van der Waals surface area contributed by atoms with Crippen molar-refractivity contribution >= 4 is 22.7 Å². The monoisotopic (exact) mass is 332 g/mol. The van der Waals surface area contributed by atoms with Crippen LogP contribution in [0.5, 0.6) is 0 Å². The van der Waals surface area contributed by atoms with Crippen molar-refractivity contribution in [2.45, 2.75) is 0 Å². The number of benzene rings is 2. The first-order chi connectivity index (χ1) is 11.1. The van der Waals surface area contributed by atoms with Crippen LogP contribution in [-0.4, -0.2) is 19.7 Å². The first kappa shape index (κ1) is 13.8. The maximum absolute atomic E-state index is 13.4. The van der Waals surface area contributed by atoms with E-state index in [4.69, 9.17) is 16.0 Å². The van der Waals surface area contributed by atoms with Gasteiger partial charge in [-0.25, -0.2) is 13.8 Å². The highest BCUT2D eigenvalue weighted by Gasteiger charge is 2.16. The minimum Gasteiger partial charge on any atom is -0.436 e. The molecular formula is C15H7ClF2N4O. The Morgan fingerprint density at radius 2 is 1.74 bits per heavy atom. The third-order valence-corrected chi connectivity index (χ3v) is 3.64. The molecule has 0 fully saturated rings. The van der Waals surface area contributed by atoms with Crippen LogP contribution in [0.4, 0.5) is 8.78 Å². The largest absolute Gasteiger partial charge is 0.436 e. The van der Waals surface area contributed by atoms with E-state index in [-0.39, 0.29) is 16.5 Å². The summed E-state index contributed by atoms with van der Waals surface area (Å²) in [5.41, 5.74) is 2.02. The molecule has 0 radical (unpaired) electrons. The van der Waals surface area contributed by atoms with E-state index in [1.807, 2.05) is 0 Å². The van der Waals surface area contributed by atoms with Crippen LogP contribution in [0.1, 0.15) is 0 Å². The highest BCUT2D eigenvalue weighted by Crippen LogP contribution is 2.32. The first-order valence-corrected chi connectivity index (χ1v) is 6.90. The molecule has 4 aromatic rings. The summed E-state index contributed by atoms with van der Waals surface area (Å²) in [5, 5.41) is 7.49. The molecule has 0 spiro atoms. The van der Waals surface area contributed by atoms with E-state index in [9.17, 15) is 8.78 Å². The van der Waals surface area contributed by atoms with Crippen LogP contribution in [0, 0.1) is 11.6 Å². The molecule has 0 unspecified atom stereocenters. The van der Waals surface area contributed by atoms with Crippen molar-refractivity contribution in [3.63, 3.8) is 0 Å². The van der Waals surface area contributed by atoms with Gasteiger partial charge in [-0.3, -0.25) is 4.57 Å².